The van der Waals surface area contributed by atoms with E-state index in [-0.39, 0.29) is 30.1 Å². The van der Waals surface area contributed by atoms with E-state index < -0.39 is 6.04 Å². The topological polar surface area (TPSA) is 84.2 Å². The van der Waals surface area contributed by atoms with Crippen LogP contribution in [0.2, 0.25) is 0 Å². The third-order valence-electron chi connectivity index (χ3n) is 2.49. The first-order valence-corrected chi connectivity index (χ1v) is 5.84. The highest BCUT2D eigenvalue weighted by atomic mass is 35.5. The van der Waals surface area contributed by atoms with Gasteiger partial charge in [0.2, 0.25) is 11.8 Å². The maximum Gasteiger partial charge on any atom is 0.241 e. The Hall–Kier alpha value is -1.59. The van der Waals surface area contributed by atoms with Crippen LogP contribution in [0.1, 0.15) is 20.8 Å². The van der Waals surface area contributed by atoms with Crippen LogP contribution in [0.3, 0.4) is 0 Å². The number of anilines is 2. The molecule has 2 amide bonds. The molecule has 5 nitrogen and oxygen atoms in total. The van der Waals surface area contributed by atoms with Crippen LogP contribution in [0.5, 0.6) is 0 Å². The van der Waals surface area contributed by atoms with Crippen LogP contribution in [-0.2, 0) is 9.59 Å². The van der Waals surface area contributed by atoms with Gasteiger partial charge in [-0.25, -0.2) is 0 Å². The molecule has 0 aromatic heterocycles. The van der Waals surface area contributed by atoms with Crippen LogP contribution in [-0.4, -0.2) is 17.9 Å². The molecule has 0 aliphatic rings. The van der Waals surface area contributed by atoms with Gasteiger partial charge in [0.15, 0.2) is 0 Å². The largest absolute Gasteiger partial charge is 0.326 e. The Morgan fingerprint density at radius 2 is 1.47 bits per heavy atom. The fourth-order valence-corrected chi connectivity index (χ4v) is 1.37. The van der Waals surface area contributed by atoms with E-state index in [2.05, 4.69) is 10.6 Å². The molecule has 1 rings (SSSR count). The van der Waals surface area contributed by atoms with Crippen molar-refractivity contribution in [3.8, 4) is 0 Å². The molecule has 106 valence electrons. The summed E-state index contributed by atoms with van der Waals surface area (Å²) >= 11 is 0. The molecule has 1 unspecified atom stereocenters. The fraction of sp³-hybridized carbons (Fsp3) is 0.385. The number of nitrogens with one attached hydrogen (secondary N) is 2. The Bertz CT molecular complexity index is 432. The van der Waals surface area contributed by atoms with Gasteiger partial charge in [-0.2, -0.15) is 0 Å². The normalized spacial score (nSPS) is 11.4. The third-order valence-corrected chi connectivity index (χ3v) is 2.49. The van der Waals surface area contributed by atoms with Gasteiger partial charge in [0.25, 0.3) is 0 Å². The third kappa shape index (κ3) is 5.72. The summed E-state index contributed by atoms with van der Waals surface area (Å²) in [4.78, 5) is 22.6. The van der Waals surface area contributed by atoms with Crippen LogP contribution in [0.4, 0.5) is 11.4 Å². The fourth-order valence-electron chi connectivity index (χ4n) is 1.37. The minimum absolute atomic E-state index is 0. The summed E-state index contributed by atoms with van der Waals surface area (Å²) in [7, 11) is 0. The second kappa shape index (κ2) is 7.76. The van der Waals surface area contributed by atoms with Crippen LogP contribution in [0.15, 0.2) is 24.3 Å². The molecule has 0 radical (unpaired) electrons. The van der Waals surface area contributed by atoms with Gasteiger partial charge in [0.05, 0.1) is 6.04 Å². The van der Waals surface area contributed by atoms with Crippen LogP contribution in [0.25, 0.3) is 0 Å². The van der Waals surface area contributed by atoms with Crippen molar-refractivity contribution < 1.29 is 9.59 Å². The van der Waals surface area contributed by atoms with E-state index in [1.807, 2.05) is 13.8 Å². The number of carbonyl (C=O) groups excluding carboxylic acids is 2. The molecule has 19 heavy (non-hydrogen) atoms. The number of carbonyl (C=O) groups is 2. The number of benzene rings is 1. The molecular weight excluding hydrogens is 266 g/mol. The lowest BCUT2D eigenvalue weighted by Gasteiger charge is -2.15. The summed E-state index contributed by atoms with van der Waals surface area (Å²) in [5, 5.41) is 5.38. The number of rotatable bonds is 4. The summed E-state index contributed by atoms with van der Waals surface area (Å²) in [5.41, 5.74) is 7.08. The van der Waals surface area contributed by atoms with Gasteiger partial charge in [-0.05, 0) is 30.2 Å². The van der Waals surface area contributed by atoms with E-state index in [4.69, 9.17) is 5.73 Å². The number of nitrogens with two attached hydrogens (primary N) is 1. The Morgan fingerprint density at radius 3 is 1.84 bits per heavy atom. The zero-order valence-corrected chi connectivity index (χ0v) is 12.1. The number of hydrogen-bond donors (Lipinski definition) is 3. The Balaban J connectivity index is 0.00000324. The van der Waals surface area contributed by atoms with Crippen molar-refractivity contribution in [3.63, 3.8) is 0 Å². The van der Waals surface area contributed by atoms with Gasteiger partial charge in [0.1, 0.15) is 0 Å². The lowest BCUT2D eigenvalue weighted by molar-refractivity contribution is -0.118. The van der Waals surface area contributed by atoms with Gasteiger partial charge in [0, 0.05) is 18.3 Å². The van der Waals surface area contributed by atoms with Gasteiger partial charge in [-0.15, -0.1) is 12.4 Å². The van der Waals surface area contributed by atoms with Crippen molar-refractivity contribution in [2.45, 2.75) is 26.8 Å². The van der Waals surface area contributed by atoms with E-state index in [0.29, 0.717) is 11.4 Å². The minimum Gasteiger partial charge on any atom is -0.326 e. The van der Waals surface area contributed by atoms with Crippen LogP contribution >= 0.6 is 12.4 Å². The molecule has 0 aliphatic carbocycles. The van der Waals surface area contributed by atoms with E-state index >= 15 is 0 Å². The highest BCUT2D eigenvalue weighted by Gasteiger charge is 2.16. The summed E-state index contributed by atoms with van der Waals surface area (Å²) in [5.74, 6) is -0.255. The number of hydrogen-bond acceptors (Lipinski definition) is 3. The predicted molar refractivity (Wildman–Crippen MR) is 79.4 cm³/mol. The molecule has 0 saturated carbocycles. The molecule has 4 N–H and O–H groups in total. The molecule has 0 aliphatic heterocycles. The van der Waals surface area contributed by atoms with E-state index in [0.717, 1.165) is 0 Å². The number of amides is 2. The number of halogens is 1. The van der Waals surface area contributed by atoms with Crippen molar-refractivity contribution >= 4 is 35.6 Å². The monoisotopic (exact) mass is 285 g/mol. The van der Waals surface area contributed by atoms with E-state index in [9.17, 15) is 9.59 Å². The zero-order chi connectivity index (χ0) is 13.7. The Kier molecular flexibility index (Phi) is 7.11. The lowest BCUT2D eigenvalue weighted by Crippen LogP contribution is -2.39. The van der Waals surface area contributed by atoms with Crippen LogP contribution < -0.4 is 16.4 Å². The molecule has 1 aromatic rings. The average molecular weight is 286 g/mol. The van der Waals surface area contributed by atoms with Crippen molar-refractivity contribution in [3.05, 3.63) is 24.3 Å². The summed E-state index contributed by atoms with van der Waals surface area (Å²) in [6.45, 7) is 5.23. The molecule has 0 heterocycles. The summed E-state index contributed by atoms with van der Waals surface area (Å²) in [6.07, 6.45) is 0. The molecule has 6 heteroatoms. The first kappa shape index (κ1) is 17.4. The molecular formula is C13H20ClN3O2. The molecule has 0 fully saturated rings. The van der Waals surface area contributed by atoms with Gasteiger partial charge >= 0.3 is 0 Å². The molecule has 1 aromatic carbocycles. The van der Waals surface area contributed by atoms with Gasteiger partial charge < -0.3 is 16.4 Å². The Labute approximate surface area is 119 Å². The van der Waals surface area contributed by atoms with Crippen molar-refractivity contribution in [2.75, 3.05) is 10.6 Å². The van der Waals surface area contributed by atoms with Crippen molar-refractivity contribution in [1.29, 1.82) is 0 Å². The van der Waals surface area contributed by atoms with Gasteiger partial charge in [-0.3, -0.25) is 9.59 Å². The average Bonchev–Trinajstić information content (AvgIpc) is 2.29. The van der Waals surface area contributed by atoms with E-state index in [1.54, 1.807) is 24.3 Å². The van der Waals surface area contributed by atoms with Crippen molar-refractivity contribution in [1.82, 2.24) is 0 Å². The zero-order valence-electron chi connectivity index (χ0n) is 11.3. The lowest BCUT2D eigenvalue weighted by atomic mass is 10.0. The molecule has 0 spiro atoms. The first-order chi connectivity index (χ1) is 8.40. The highest BCUT2D eigenvalue weighted by molar-refractivity contribution is 5.95. The summed E-state index contributed by atoms with van der Waals surface area (Å²) in [6, 6.07) is 6.35. The maximum absolute atomic E-state index is 11.7. The molecule has 0 bridgehead atoms. The Morgan fingerprint density at radius 1 is 1.05 bits per heavy atom. The SMILES string of the molecule is CC(=O)Nc1ccc(NC(=O)C(N)C(C)C)cc1.Cl. The summed E-state index contributed by atoms with van der Waals surface area (Å²) < 4.78 is 0. The standard InChI is InChI=1S/C13H19N3O2.ClH/c1-8(2)12(14)13(18)16-11-6-4-10(5-7-11)15-9(3)17;/h4-8,12H,14H2,1-3H3,(H,15,17)(H,16,18);1H. The van der Waals surface area contributed by atoms with Gasteiger partial charge in [-0.1, -0.05) is 13.8 Å². The molecule has 0 saturated heterocycles. The second-order valence-electron chi connectivity index (χ2n) is 4.52. The maximum atomic E-state index is 11.7. The predicted octanol–water partition coefficient (Wildman–Crippen LogP) is 1.99. The highest BCUT2D eigenvalue weighted by Crippen LogP contribution is 2.14. The quantitative estimate of drug-likeness (QED) is 0.791. The second-order valence-corrected chi connectivity index (χ2v) is 4.52. The molecule has 1 atom stereocenters. The first-order valence-electron chi connectivity index (χ1n) is 5.84. The minimum atomic E-state index is -0.528. The van der Waals surface area contributed by atoms with Crippen molar-refractivity contribution in [2.24, 2.45) is 11.7 Å². The van der Waals surface area contributed by atoms with E-state index in [1.165, 1.54) is 6.92 Å². The van der Waals surface area contributed by atoms with Crippen LogP contribution in [0, 0.1) is 5.92 Å². The smallest absolute Gasteiger partial charge is 0.241 e.